The molecule has 1 aromatic rings. The largest absolute Gasteiger partial charge is 0.392 e. The van der Waals surface area contributed by atoms with Gasteiger partial charge in [-0.15, -0.1) is 0 Å². The van der Waals surface area contributed by atoms with E-state index >= 15 is 0 Å². The highest BCUT2D eigenvalue weighted by Crippen LogP contribution is 2.25. The number of aliphatic hydroxyl groups is 2. The molecule has 0 bridgehead atoms. The zero-order chi connectivity index (χ0) is 28.3. The van der Waals surface area contributed by atoms with Crippen LogP contribution in [0.2, 0.25) is 0 Å². The van der Waals surface area contributed by atoms with E-state index in [1.165, 1.54) is 12.1 Å². The number of aliphatic hydroxyl groups excluding tert-OH is 2. The molecule has 0 aromatic heterocycles. The Morgan fingerprint density at radius 2 is 1.61 bits per heavy atom. The molecule has 1 heterocycles. The second-order valence-corrected chi connectivity index (χ2v) is 9.74. The number of amides is 1. The summed E-state index contributed by atoms with van der Waals surface area (Å²) in [5.74, 6) is -0.429. The maximum Gasteiger partial charge on any atom is 0.225 e. The molecule has 1 aliphatic heterocycles. The smallest absolute Gasteiger partial charge is 0.225 e. The molecule has 0 saturated heterocycles. The van der Waals surface area contributed by atoms with Gasteiger partial charge in [-0.3, -0.25) is 9.80 Å². The highest BCUT2D eigenvalue weighted by molar-refractivity contribution is 6.15. The Morgan fingerprint density at radius 1 is 1.05 bits per heavy atom. The summed E-state index contributed by atoms with van der Waals surface area (Å²) < 4.78 is 13.5. The Labute approximate surface area is 229 Å². The normalized spacial score (nSPS) is 15.2. The Bertz CT molecular complexity index is 974. The van der Waals surface area contributed by atoms with Gasteiger partial charge in [-0.25, -0.2) is 9.38 Å². The van der Waals surface area contributed by atoms with Crippen LogP contribution in [0.3, 0.4) is 0 Å². The number of hydrazone groups is 1. The lowest BCUT2D eigenvalue weighted by atomic mass is 9.95. The van der Waals surface area contributed by atoms with E-state index in [1.807, 2.05) is 55.4 Å². The van der Waals surface area contributed by atoms with Crippen molar-refractivity contribution in [2.75, 3.05) is 7.05 Å². The van der Waals surface area contributed by atoms with Crippen LogP contribution in [0, 0.1) is 11.7 Å². The Kier molecular flexibility index (Phi) is 15.6. The second-order valence-electron chi connectivity index (χ2n) is 9.74. The first-order chi connectivity index (χ1) is 17.4. The third kappa shape index (κ3) is 10.5. The standard InChI is InChI=1S/C27H39FN4O3.C2H6.CH4/c1-17(2)26-24(27(30-31(7)16-29-26)20-8-10-21(28)11-9-20)13-12-22(33)14-23(34)15-25(35)32(18(3)4)19(5)6;1-2;/h8-13,16-19,22-23,33-34H,14-15H2,1-7H3;1-2H3;1H4/b13-12+;;/t22-,23-;;/m1../s1. The molecule has 2 rings (SSSR count). The van der Waals surface area contributed by atoms with Gasteiger partial charge in [0.15, 0.2) is 0 Å². The molecule has 0 aliphatic carbocycles. The molecule has 7 nitrogen and oxygen atoms in total. The zero-order valence-electron chi connectivity index (χ0n) is 23.8. The average molecular weight is 533 g/mol. The van der Waals surface area contributed by atoms with Gasteiger partial charge in [0.2, 0.25) is 5.91 Å². The molecule has 0 radical (unpaired) electrons. The van der Waals surface area contributed by atoms with Gasteiger partial charge in [0.25, 0.3) is 0 Å². The fourth-order valence-corrected chi connectivity index (χ4v) is 4.15. The number of hydrogen-bond acceptors (Lipinski definition) is 6. The van der Waals surface area contributed by atoms with Gasteiger partial charge in [-0.2, -0.15) is 5.10 Å². The molecule has 0 fully saturated rings. The predicted octanol–water partition coefficient (Wildman–Crippen LogP) is 5.78. The summed E-state index contributed by atoms with van der Waals surface area (Å²) in [6.07, 6.45) is 2.92. The molecule has 38 heavy (non-hydrogen) atoms. The van der Waals surface area contributed by atoms with E-state index in [9.17, 15) is 19.4 Å². The van der Waals surface area contributed by atoms with E-state index in [0.717, 1.165) is 5.70 Å². The van der Waals surface area contributed by atoms with E-state index < -0.39 is 12.2 Å². The number of aliphatic imine (C=N–C) groups is 1. The minimum Gasteiger partial charge on any atom is -0.392 e. The molecule has 1 aromatic carbocycles. The van der Waals surface area contributed by atoms with Crippen LogP contribution in [0.5, 0.6) is 0 Å². The lowest BCUT2D eigenvalue weighted by Crippen LogP contribution is -2.43. The van der Waals surface area contributed by atoms with Crippen LogP contribution in [0.15, 0.2) is 57.8 Å². The molecule has 0 unspecified atom stereocenters. The highest BCUT2D eigenvalue weighted by atomic mass is 19.1. The average Bonchev–Trinajstić information content (AvgIpc) is 2.97. The Balaban J connectivity index is 0.00000445. The van der Waals surface area contributed by atoms with Gasteiger partial charge in [0.05, 0.1) is 30.0 Å². The van der Waals surface area contributed by atoms with E-state index in [0.29, 0.717) is 16.8 Å². The van der Waals surface area contributed by atoms with Crippen LogP contribution < -0.4 is 0 Å². The Morgan fingerprint density at radius 3 is 2.11 bits per heavy atom. The van der Waals surface area contributed by atoms with E-state index in [1.54, 1.807) is 47.6 Å². The molecular weight excluding hydrogens is 483 g/mol. The summed E-state index contributed by atoms with van der Waals surface area (Å²) >= 11 is 0. The van der Waals surface area contributed by atoms with Crippen molar-refractivity contribution in [3.8, 4) is 0 Å². The number of rotatable bonds is 10. The molecule has 1 amide bonds. The zero-order valence-corrected chi connectivity index (χ0v) is 23.8. The molecular formula is C30H49FN4O3. The van der Waals surface area contributed by atoms with Crippen molar-refractivity contribution < 1.29 is 19.4 Å². The van der Waals surface area contributed by atoms with Crippen LogP contribution >= 0.6 is 0 Å². The third-order valence-electron chi connectivity index (χ3n) is 5.63. The highest BCUT2D eigenvalue weighted by Gasteiger charge is 2.24. The van der Waals surface area contributed by atoms with Crippen molar-refractivity contribution in [2.45, 2.75) is 99.9 Å². The minimum absolute atomic E-state index is 0. The molecule has 0 spiro atoms. The SMILES string of the molecule is C.CC.CC(C)C1=C(/C=C/[C@@H](O)C[C@@H](O)CC(=O)N(C(C)C)C(C)C)C(c2ccc(F)cc2)=NN(C)C=N1. The summed E-state index contributed by atoms with van der Waals surface area (Å²) in [6.45, 7) is 15.8. The number of benzene rings is 1. The van der Waals surface area contributed by atoms with Crippen molar-refractivity contribution >= 4 is 18.0 Å². The summed E-state index contributed by atoms with van der Waals surface area (Å²) in [5, 5.41) is 27.3. The van der Waals surface area contributed by atoms with Gasteiger partial charge >= 0.3 is 0 Å². The maximum absolute atomic E-state index is 13.5. The number of nitrogens with zero attached hydrogens (tertiary/aromatic N) is 4. The van der Waals surface area contributed by atoms with E-state index in [-0.39, 0.29) is 50.0 Å². The molecule has 2 atom stereocenters. The lowest BCUT2D eigenvalue weighted by molar-refractivity contribution is -0.137. The van der Waals surface area contributed by atoms with Crippen molar-refractivity contribution in [1.82, 2.24) is 9.91 Å². The fraction of sp³-hybridized carbons (Fsp3) is 0.567. The quantitative estimate of drug-likeness (QED) is 0.400. The van der Waals surface area contributed by atoms with Crippen molar-refractivity contribution in [1.29, 1.82) is 0 Å². The van der Waals surface area contributed by atoms with Crippen LogP contribution in [0.25, 0.3) is 0 Å². The van der Waals surface area contributed by atoms with Gasteiger partial charge in [-0.05, 0) is 57.9 Å². The first-order valence-electron chi connectivity index (χ1n) is 13.1. The van der Waals surface area contributed by atoms with Gasteiger partial charge in [0, 0.05) is 36.7 Å². The minimum atomic E-state index is -0.982. The first-order valence-corrected chi connectivity index (χ1v) is 13.1. The first kappa shape index (κ1) is 35.2. The molecule has 0 saturated carbocycles. The van der Waals surface area contributed by atoms with Crippen LogP contribution in [-0.2, 0) is 4.79 Å². The van der Waals surface area contributed by atoms with Gasteiger partial charge < -0.3 is 15.1 Å². The molecule has 214 valence electrons. The second kappa shape index (κ2) is 16.9. The molecule has 8 heteroatoms. The topological polar surface area (TPSA) is 88.7 Å². The van der Waals surface area contributed by atoms with Gasteiger partial charge in [0.1, 0.15) is 12.2 Å². The summed E-state index contributed by atoms with van der Waals surface area (Å²) in [4.78, 5) is 18.9. The fourth-order valence-electron chi connectivity index (χ4n) is 4.15. The number of carbonyl (C=O) groups is 1. The number of halogens is 1. The number of carbonyl (C=O) groups excluding carboxylic acids is 1. The monoisotopic (exact) mass is 532 g/mol. The predicted molar refractivity (Wildman–Crippen MR) is 157 cm³/mol. The molecule has 2 N–H and O–H groups in total. The summed E-state index contributed by atoms with van der Waals surface area (Å²) in [5.41, 5.74) is 2.77. The summed E-state index contributed by atoms with van der Waals surface area (Å²) in [7, 11) is 1.76. The van der Waals surface area contributed by atoms with Gasteiger partial charge in [-0.1, -0.05) is 47.3 Å². The lowest BCUT2D eigenvalue weighted by Gasteiger charge is -2.31. The van der Waals surface area contributed by atoms with Crippen molar-refractivity contribution in [3.05, 3.63) is 59.1 Å². The number of allylic oxidation sites excluding steroid dienone is 3. The maximum atomic E-state index is 13.5. The van der Waals surface area contributed by atoms with Crippen molar-refractivity contribution in [3.63, 3.8) is 0 Å². The van der Waals surface area contributed by atoms with Crippen LogP contribution in [-0.4, -0.2) is 69.4 Å². The van der Waals surface area contributed by atoms with Crippen LogP contribution in [0.4, 0.5) is 4.39 Å². The number of hydrogen-bond donors (Lipinski definition) is 2. The van der Waals surface area contributed by atoms with E-state index in [2.05, 4.69) is 10.1 Å². The molecule has 1 aliphatic rings. The van der Waals surface area contributed by atoms with Crippen molar-refractivity contribution in [2.24, 2.45) is 16.0 Å². The van der Waals surface area contributed by atoms with Crippen LogP contribution in [0.1, 0.15) is 81.2 Å². The Hall–Kier alpha value is -2.84. The third-order valence-corrected chi connectivity index (χ3v) is 5.63. The summed E-state index contributed by atoms with van der Waals surface area (Å²) in [6, 6.07) is 6.11. The van der Waals surface area contributed by atoms with E-state index in [4.69, 9.17) is 0 Å².